The summed E-state index contributed by atoms with van der Waals surface area (Å²) in [7, 11) is -1.18. The van der Waals surface area contributed by atoms with Crippen LogP contribution in [0.2, 0.25) is 0 Å². The number of rotatable bonds is 5. The molecule has 0 unspecified atom stereocenters. The van der Waals surface area contributed by atoms with Gasteiger partial charge in [-0.1, -0.05) is 0 Å². The number of carbonyl (C=O) groups is 1. The van der Waals surface area contributed by atoms with E-state index in [1.807, 2.05) is 0 Å². The van der Waals surface area contributed by atoms with E-state index in [1.54, 1.807) is 12.1 Å². The predicted octanol–water partition coefficient (Wildman–Crippen LogP) is 1.04. The molecule has 0 atom stereocenters. The first-order chi connectivity index (χ1) is 10.8. The first kappa shape index (κ1) is 16.8. The van der Waals surface area contributed by atoms with Gasteiger partial charge in [0.05, 0.1) is 19.9 Å². The number of carboxylic acid groups (broad SMARTS) is 1. The fourth-order valence-electron chi connectivity index (χ4n) is 2.16. The molecule has 9 heteroatoms. The lowest BCUT2D eigenvalue weighted by molar-refractivity contribution is -0.133. The van der Waals surface area contributed by atoms with Gasteiger partial charge in [-0.15, -0.1) is 4.40 Å². The van der Waals surface area contributed by atoms with Gasteiger partial charge < -0.3 is 14.6 Å². The second kappa shape index (κ2) is 6.29. The van der Waals surface area contributed by atoms with Gasteiger partial charge in [0, 0.05) is 12.1 Å². The van der Waals surface area contributed by atoms with E-state index in [0.717, 1.165) is 4.31 Å². The molecule has 0 saturated heterocycles. The number of ether oxygens (including phenoxy) is 2. The van der Waals surface area contributed by atoms with Crippen LogP contribution in [-0.4, -0.2) is 50.3 Å². The molecule has 0 aromatic heterocycles. The summed E-state index contributed by atoms with van der Waals surface area (Å²) in [6.45, 7) is 1.51. The number of hydrogen-bond acceptors (Lipinski definition) is 5. The Morgan fingerprint density at radius 3 is 2.43 bits per heavy atom. The van der Waals surface area contributed by atoms with Crippen molar-refractivity contribution in [2.75, 3.05) is 20.8 Å². The van der Waals surface area contributed by atoms with Crippen LogP contribution in [0.1, 0.15) is 12.5 Å². The zero-order chi connectivity index (χ0) is 17.2. The van der Waals surface area contributed by atoms with Gasteiger partial charge >= 0.3 is 16.2 Å². The van der Waals surface area contributed by atoms with Crippen LogP contribution in [0.4, 0.5) is 0 Å². The second-order valence-corrected chi connectivity index (χ2v) is 6.04. The molecule has 0 radical (unpaired) electrons. The number of aliphatic carboxylic acids is 1. The van der Waals surface area contributed by atoms with Crippen LogP contribution >= 0.6 is 0 Å². The molecule has 1 aliphatic rings. The van der Waals surface area contributed by atoms with Gasteiger partial charge in [0.15, 0.2) is 11.5 Å². The minimum absolute atomic E-state index is 0.0213. The third-order valence-electron chi connectivity index (χ3n) is 3.22. The quantitative estimate of drug-likeness (QED) is 0.858. The topological polar surface area (TPSA) is 106 Å². The summed E-state index contributed by atoms with van der Waals surface area (Å²) < 4.78 is 39.0. The van der Waals surface area contributed by atoms with Gasteiger partial charge in [0.25, 0.3) is 0 Å². The number of methoxy groups -OCH3 is 2. The van der Waals surface area contributed by atoms with Crippen molar-refractivity contribution in [1.29, 1.82) is 0 Å². The number of hydrogen-bond donors (Lipinski definition) is 1. The lowest BCUT2D eigenvalue weighted by Crippen LogP contribution is -2.36. The average molecular weight is 340 g/mol. The first-order valence-corrected chi connectivity index (χ1v) is 8.03. The number of carboxylic acids is 1. The van der Waals surface area contributed by atoms with Crippen molar-refractivity contribution >= 4 is 21.9 Å². The number of allylic oxidation sites excluding steroid dienone is 1. The highest BCUT2D eigenvalue weighted by Crippen LogP contribution is 2.29. The third kappa shape index (κ3) is 3.14. The van der Waals surface area contributed by atoms with E-state index >= 15 is 0 Å². The van der Waals surface area contributed by atoms with E-state index in [-0.39, 0.29) is 18.0 Å². The van der Waals surface area contributed by atoms with E-state index in [9.17, 15) is 18.3 Å². The highest BCUT2D eigenvalue weighted by molar-refractivity contribution is 7.88. The highest BCUT2D eigenvalue weighted by atomic mass is 32.2. The molecule has 2 rings (SSSR count). The molecule has 1 heterocycles. The maximum absolute atomic E-state index is 12.2. The van der Waals surface area contributed by atoms with Crippen molar-refractivity contribution in [2.24, 2.45) is 4.40 Å². The Morgan fingerprint density at radius 1 is 1.26 bits per heavy atom. The van der Waals surface area contributed by atoms with Gasteiger partial charge in [-0.25, -0.2) is 9.10 Å². The molecule has 124 valence electrons. The minimum Gasteiger partial charge on any atom is -0.493 e. The van der Waals surface area contributed by atoms with Crippen LogP contribution in [-0.2, 0) is 15.0 Å². The standard InChI is InChI=1S/C14H16N2O6S/c1-4-16-11(14(17)18)8-10(15-23(16,19)20)9-5-6-12(21-2)13(7-9)22-3/h5-8H,4H2,1-3H3,(H,17,18). The van der Waals surface area contributed by atoms with E-state index in [4.69, 9.17) is 9.47 Å². The molecule has 0 spiro atoms. The summed E-state index contributed by atoms with van der Waals surface area (Å²) in [5.41, 5.74) is 0.0704. The van der Waals surface area contributed by atoms with Crippen LogP contribution in [0, 0.1) is 0 Å². The Kier molecular flexibility index (Phi) is 4.60. The van der Waals surface area contributed by atoms with E-state index in [2.05, 4.69) is 4.40 Å². The van der Waals surface area contributed by atoms with Crippen molar-refractivity contribution in [3.05, 3.63) is 35.5 Å². The van der Waals surface area contributed by atoms with Gasteiger partial charge in [0.1, 0.15) is 5.70 Å². The molecule has 23 heavy (non-hydrogen) atoms. The maximum Gasteiger partial charge on any atom is 0.353 e. The monoisotopic (exact) mass is 340 g/mol. The van der Waals surface area contributed by atoms with Crippen LogP contribution < -0.4 is 9.47 Å². The lowest BCUT2D eigenvalue weighted by Gasteiger charge is -2.24. The molecular weight excluding hydrogens is 324 g/mol. The zero-order valence-electron chi connectivity index (χ0n) is 12.8. The Bertz CT molecular complexity index is 797. The molecule has 1 aromatic rings. The summed E-state index contributed by atoms with van der Waals surface area (Å²) in [6.07, 6.45) is 1.22. The Balaban J connectivity index is 2.59. The molecule has 8 nitrogen and oxygen atoms in total. The average Bonchev–Trinajstić information content (AvgIpc) is 2.52. The SMILES string of the molecule is CCN1C(C(=O)O)=CC(c2ccc(OC)c(OC)c2)=NS1(=O)=O. The molecular formula is C14H16N2O6S. The van der Waals surface area contributed by atoms with Gasteiger partial charge in [-0.2, -0.15) is 8.42 Å². The highest BCUT2D eigenvalue weighted by Gasteiger charge is 2.31. The summed E-state index contributed by atoms with van der Waals surface area (Å²) in [4.78, 5) is 11.3. The first-order valence-electron chi connectivity index (χ1n) is 6.64. The van der Waals surface area contributed by atoms with E-state index in [0.29, 0.717) is 17.1 Å². The van der Waals surface area contributed by atoms with E-state index < -0.39 is 16.2 Å². The van der Waals surface area contributed by atoms with Crippen LogP contribution in [0.3, 0.4) is 0 Å². The largest absolute Gasteiger partial charge is 0.493 e. The van der Waals surface area contributed by atoms with Gasteiger partial charge in [0.2, 0.25) is 0 Å². The predicted molar refractivity (Wildman–Crippen MR) is 83.1 cm³/mol. The molecule has 0 bridgehead atoms. The van der Waals surface area contributed by atoms with Crippen LogP contribution in [0.5, 0.6) is 11.5 Å². The molecule has 0 saturated carbocycles. The molecule has 0 amide bonds. The van der Waals surface area contributed by atoms with Crippen molar-refractivity contribution in [3.8, 4) is 11.5 Å². The maximum atomic E-state index is 12.2. The Morgan fingerprint density at radius 2 is 1.91 bits per heavy atom. The lowest BCUT2D eigenvalue weighted by atomic mass is 10.1. The number of likely N-dealkylation sites (N-methyl/N-ethyl adjacent to an activating group) is 1. The summed E-state index contributed by atoms with van der Waals surface area (Å²) in [6, 6.07) is 4.70. The van der Waals surface area contributed by atoms with Gasteiger partial charge in [-0.05, 0) is 31.2 Å². The molecule has 0 fully saturated rings. The fraction of sp³-hybridized carbons (Fsp3) is 0.286. The van der Waals surface area contributed by atoms with Gasteiger partial charge in [-0.3, -0.25) is 0 Å². The van der Waals surface area contributed by atoms with Crippen molar-refractivity contribution in [1.82, 2.24) is 4.31 Å². The molecule has 0 aliphatic carbocycles. The summed E-state index contributed by atoms with van der Waals surface area (Å²) in [5, 5.41) is 9.25. The Hall–Kier alpha value is -2.55. The smallest absolute Gasteiger partial charge is 0.353 e. The van der Waals surface area contributed by atoms with Crippen LogP contribution in [0.15, 0.2) is 34.4 Å². The van der Waals surface area contributed by atoms with E-state index in [1.165, 1.54) is 33.3 Å². The summed E-state index contributed by atoms with van der Waals surface area (Å²) >= 11 is 0. The number of benzene rings is 1. The summed E-state index contributed by atoms with van der Waals surface area (Å²) in [5.74, 6) is -0.496. The molecule has 1 N–H and O–H groups in total. The zero-order valence-corrected chi connectivity index (χ0v) is 13.6. The number of nitrogens with zero attached hydrogens (tertiary/aromatic N) is 2. The van der Waals surface area contributed by atoms with Crippen molar-refractivity contribution < 1.29 is 27.8 Å². The van der Waals surface area contributed by atoms with Crippen LogP contribution in [0.25, 0.3) is 0 Å². The second-order valence-electron chi connectivity index (χ2n) is 4.52. The normalized spacial score (nSPS) is 16.4. The third-order valence-corrected chi connectivity index (χ3v) is 4.66. The Labute approximate surface area is 133 Å². The van der Waals surface area contributed by atoms with Crippen molar-refractivity contribution in [3.63, 3.8) is 0 Å². The minimum atomic E-state index is -4.10. The fourth-order valence-corrected chi connectivity index (χ4v) is 3.37. The van der Waals surface area contributed by atoms with Crippen molar-refractivity contribution in [2.45, 2.75) is 6.92 Å². The molecule has 1 aliphatic heterocycles. The molecule has 1 aromatic carbocycles.